The van der Waals surface area contributed by atoms with Crippen molar-refractivity contribution in [2.75, 3.05) is 0 Å². The molecule has 0 spiro atoms. The van der Waals surface area contributed by atoms with Crippen molar-refractivity contribution in [2.24, 2.45) is 0 Å². The van der Waals surface area contributed by atoms with E-state index >= 15 is 0 Å². The van der Waals surface area contributed by atoms with E-state index in [0.29, 0.717) is 0 Å². The highest BCUT2D eigenvalue weighted by atomic mass is 16.4. The lowest BCUT2D eigenvalue weighted by atomic mass is 10.2. The number of carbonyl (C=O) groups is 8. The van der Waals surface area contributed by atoms with Crippen LogP contribution in [0.1, 0.15) is 38.5 Å². The molecule has 0 aliphatic heterocycles. The minimum absolute atomic E-state index is 0.0632. The van der Waals surface area contributed by atoms with E-state index in [0.717, 1.165) is 0 Å². The van der Waals surface area contributed by atoms with E-state index in [1.807, 2.05) is 0 Å². The van der Waals surface area contributed by atoms with Crippen molar-refractivity contribution in [3.8, 4) is 0 Å². The Bertz CT molecular complexity index is 567. The van der Waals surface area contributed by atoms with Crippen LogP contribution in [0.5, 0.6) is 0 Å². The van der Waals surface area contributed by atoms with Gasteiger partial charge in [0.1, 0.15) is 6.42 Å². The van der Waals surface area contributed by atoms with Crippen molar-refractivity contribution in [1.82, 2.24) is 0 Å². The molecular formula is C14H20O16. The average Bonchev–Trinajstić information content (AvgIpc) is 2.52. The van der Waals surface area contributed by atoms with Crippen LogP contribution in [0.4, 0.5) is 0 Å². The molecule has 0 rings (SSSR count). The molecule has 0 fully saturated rings. The standard InChI is InChI=1S/C5H8O4.C4H6O4.C3H4O4.C2H2O4/c6-4(7)2-1-3-5(8)9;5-3(6)1-2-4(7)8;4-2(5)1-3(6)7;3-1(4)2(5)6/h1-3H2,(H,6,7)(H,8,9);1-2H2,(H,5,6)(H,7,8);1H2,(H,4,5)(H,6,7);(H,3,4)(H,5,6). The van der Waals surface area contributed by atoms with Crippen LogP contribution in [0, 0.1) is 0 Å². The fourth-order valence-electron chi connectivity index (χ4n) is 0.734. The lowest BCUT2D eigenvalue weighted by molar-refractivity contribution is -0.159. The van der Waals surface area contributed by atoms with Gasteiger partial charge in [0.2, 0.25) is 0 Å². The second kappa shape index (κ2) is 21.1. The molecule has 0 aliphatic rings. The molecule has 0 atom stereocenters. The second-order valence-corrected chi connectivity index (χ2v) is 4.50. The van der Waals surface area contributed by atoms with Gasteiger partial charge in [-0.05, 0) is 6.42 Å². The summed E-state index contributed by atoms with van der Waals surface area (Å²) in [4.78, 5) is 75.9. The predicted octanol–water partition coefficient (Wildman–Crippen LogP) is -1.04. The highest BCUT2D eigenvalue weighted by Crippen LogP contribution is 1.93. The van der Waals surface area contributed by atoms with Crippen molar-refractivity contribution < 1.29 is 79.2 Å². The van der Waals surface area contributed by atoms with Crippen LogP contribution in [0.2, 0.25) is 0 Å². The second-order valence-electron chi connectivity index (χ2n) is 4.50. The van der Waals surface area contributed by atoms with E-state index in [-0.39, 0.29) is 32.1 Å². The molecule has 0 aromatic carbocycles. The maximum atomic E-state index is 9.79. The Kier molecular flexibility index (Phi) is 23.4. The van der Waals surface area contributed by atoms with E-state index < -0.39 is 54.2 Å². The average molecular weight is 444 g/mol. The zero-order valence-electron chi connectivity index (χ0n) is 15.1. The molecule has 0 saturated heterocycles. The van der Waals surface area contributed by atoms with Crippen LogP contribution < -0.4 is 0 Å². The van der Waals surface area contributed by atoms with Crippen LogP contribution in [-0.2, 0) is 38.4 Å². The van der Waals surface area contributed by atoms with E-state index in [1.54, 1.807) is 0 Å². The summed E-state index contributed by atoms with van der Waals surface area (Å²) in [6.07, 6.45) is -1.31. The fourth-order valence-corrected chi connectivity index (χ4v) is 0.734. The molecule has 0 heterocycles. The van der Waals surface area contributed by atoms with E-state index in [4.69, 9.17) is 50.4 Å². The molecular weight excluding hydrogens is 424 g/mol. The Morgan fingerprint density at radius 3 is 0.700 bits per heavy atom. The van der Waals surface area contributed by atoms with Crippen molar-refractivity contribution in [3.05, 3.63) is 0 Å². The van der Waals surface area contributed by atoms with Gasteiger partial charge in [0.15, 0.2) is 0 Å². The lowest BCUT2D eigenvalue weighted by Crippen LogP contribution is -2.09. The zero-order valence-corrected chi connectivity index (χ0v) is 15.1. The number of hydrogen-bond acceptors (Lipinski definition) is 8. The molecule has 172 valence electrons. The minimum atomic E-state index is -1.82. The smallest absolute Gasteiger partial charge is 0.414 e. The quantitative estimate of drug-likeness (QED) is 0.155. The fraction of sp³-hybridized carbons (Fsp3) is 0.429. The van der Waals surface area contributed by atoms with Crippen LogP contribution in [0.3, 0.4) is 0 Å². The summed E-state index contributed by atoms with van der Waals surface area (Å²) in [5, 5.41) is 62.1. The molecule has 0 saturated carbocycles. The predicted molar refractivity (Wildman–Crippen MR) is 88.8 cm³/mol. The largest absolute Gasteiger partial charge is 0.481 e. The first-order valence-electron chi connectivity index (χ1n) is 7.29. The highest BCUT2D eigenvalue weighted by molar-refractivity contribution is 6.27. The molecule has 30 heavy (non-hydrogen) atoms. The van der Waals surface area contributed by atoms with Gasteiger partial charge < -0.3 is 40.9 Å². The summed E-state index contributed by atoms with van der Waals surface area (Å²) < 4.78 is 0. The van der Waals surface area contributed by atoms with Gasteiger partial charge in [-0.2, -0.15) is 0 Å². The Hall–Kier alpha value is -4.24. The number of carboxylic acids is 8. The summed E-state index contributed by atoms with van der Waals surface area (Å²) in [6.45, 7) is 0. The van der Waals surface area contributed by atoms with Crippen LogP contribution >= 0.6 is 0 Å². The minimum Gasteiger partial charge on any atom is -0.481 e. The van der Waals surface area contributed by atoms with Gasteiger partial charge >= 0.3 is 47.8 Å². The van der Waals surface area contributed by atoms with Gasteiger partial charge in [-0.15, -0.1) is 0 Å². The van der Waals surface area contributed by atoms with Crippen LogP contribution in [-0.4, -0.2) is 88.6 Å². The molecule has 8 N–H and O–H groups in total. The summed E-state index contributed by atoms with van der Waals surface area (Å²) in [6, 6.07) is 0. The topological polar surface area (TPSA) is 298 Å². The third kappa shape index (κ3) is 56.5. The van der Waals surface area contributed by atoms with Gasteiger partial charge in [0.25, 0.3) is 0 Å². The Labute approximate surface area is 166 Å². The summed E-state index contributed by atoms with van der Waals surface area (Å²) in [5.41, 5.74) is 0. The Balaban J connectivity index is -0.000000152. The SMILES string of the molecule is O=C(O)C(=O)O.O=C(O)CC(=O)O.O=C(O)CCC(=O)O.O=C(O)CCCC(=O)O. The van der Waals surface area contributed by atoms with E-state index in [2.05, 4.69) is 0 Å². The molecule has 0 unspecified atom stereocenters. The molecule has 16 heteroatoms. The lowest BCUT2D eigenvalue weighted by Gasteiger charge is -1.89. The van der Waals surface area contributed by atoms with Gasteiger partial charge in [-0.25, -0.2) is 9.59 Å². The number of carboxylic acid groups (broad SMARTS) is 8. The third-order valence-electron chi connectivity index (χ3n) is 1.82. The monoisotopic (exact) mass is 444 g/mol. The first kappa shape index (κ1) is 33.4. The van der Waals surface area contributed by atoms with Crippen LogP contribution in [0.25, 0.3) is 0 Å². The normalized spacial score (nSPS) is 8.27. The maximum absolute atomic E-state index is 9.79. The molecule has 0 amide bonds. The molecule has 0 aliphatic carbocycles. The third-order valence-corrected chi connectivity index (χ3v) is 1.82. The Morgan fingerprint density at radius 1 is 0.367 bits per heavy atom. The van der Waals surface area contributed by atoms with Crippen molar-refractivity contribution in [1.29, 1.82) is 0 Å². The number of rotatable bonds is 9. The highest BCUT2D eigenvalue weighted by Gasteiger charge is 2.04. The number of aliphatic carboxylic acids is 8. The molecule has 0 aromatic rings. The summed E-state index contributed by atoms with van der Waals surface area (Å²) in [7, 11) is 0. The number of hydrogen-bond donors (Lipinski definition) is 8. The molecule has 0 aromatic heterocycles. The first-order valence-corrected chi connectivity index (χ1v) is 7.29. The van der Waals surface area contributed by atoms with E-state index in [9.17, 15) is 28.8 Å². The van der Waals surface area contributed by atoms with Gasteiger partial charge in [-0.3, -0.25) is 28.8 Å². The van der Waals surface area contributed by atoms with Crippen LogP contribution in [0.15, 0.2) is 0 Å². The molecule has 0 radical (unpaired) electrons. The van der Waals surface area contributed by atoms with Crippen molar-refractivity contribution >= 4 is 47.8 Å². The Morgan fingerprint density at radius 2 is 0.600 bits per heavy atom. The van der Waals surface area contributed by atoms with Gasteiger partial charge in [-0.1, -0.05) is 0 Å². The van der Waals surface area contributed by atoms with Gasteiger partial charge in [0.05, 0.1) is 12.8 Å². The molecule has 16 nitrogen and oxygen atoms in total. The summed E-state index contributed by atoms with van der Waals surface area (Å²) >= 11 is 0. The van der Waals surface area contributed by atoms with Crippen molar-refractivity contribution in [2.45, 2.75) is 38.5 Å². The maximum Gasteiger partial charge on any atom is 0.414 e. The first-order chi connectivity index (χ1) is 13.5. The van der Waals surface area contributed by atoms with Gasteiger partial charge in [0, 0.05) is 12.8 Å². The molecule has 0 bridgehead atoms. The zero-order chi connectivity index (χ0) is 24.9. The van der Waals surface area contributed by atoms with E-state index in [1.165, 1.54) is 0 Å². The summed E-state index contributed by atoms with van der Waals surface area (Å²) in [5.74, 6) is -10.3. The van der Waals surface area contributed by atoms with Crippen molar-refractivity contribution in [3.63, 3.8) is 0 Å².